The minimum atomic E-state index is -4.73. The summed E-state index contributed by atoms with van der Waals surface area (Å²) in [5.41, 5.74) is 0. The van der Waals surface area contributed by atoms with Gasteiger partial charge in [-0.3, -0.25) is 9.59 Å². The number of likely N-dealkylation sites (tertiary alicyclic amines) is 1. The molecule has 8 nitrogen and oxygen atoms in total. The van der Waals surface area contributed by atoms with E-state index < -0.39 is 45.8 Å². The molecule has 1 heterocycles. The number of nitrogens with zero attached hydrogens (tertiary/aromatic N) is 1. The number of aliphatic carboxylic acids is 2. The van der Waals surface area contributed by atoms with Crippen LogP contribution in [0, 0.1) is 5.92 Å². The molecule has 1 unspecified atom stereocenters. The van der Waals surface area contributed by atoms with Crippen molar-refractivity contribution in [3.05, 3.63) is 0 Å². The van der Waals surface area contributed by atoms with Crippen molar-refractivity contribution in [2.24, 2.45) is 5.92 Å². The summed E-state index contributed by atoms with van der Waals surface area (Å²) in [5.74, 6) is -4.54. The highest BCUT2D eigenvalue weighted by molar-refractivity contribution is 7.86. The third kappa shape index (κ3) is 5.66. The van der Waals surface area contributed by atoms with Crippen LogP contribution < -0.4 is 0 Å². The molecular formula is C11H16FNO7S. The first-order valence-corrected chi connectivity index (χ1v) is 7.82. The number of hydrogen-bond donors (Lipinski definition) is 2. The topological polar surface area (TPSA) is 129 Å². The molecule has 0 aromatic carbocycles. The molecule has 1 saturated heterocycles. The first-order valence-electron chi connectivity index (χ1n) is 6.26. The Morgan fingerprint density at radius 1 is 1.38 bits per heavy atom. The van der Waals surface area contributed by atoms with E-state index in [2.05, 4.69) is 0 Å². The summed E-state index contributed by atoms with van der Waals surface area (Å²) in [6.45, 7) is -0.161. The average Bonchev–Trinajstić information content (AvgIpc) is 2.62. The van der Waals surface area contributed by atoms with E-state index in [9.17, 15) is 26.7 Å². The summed E-state index contributed by atoms with van der Waals surface area (Å²) < 4.78 is 33.8. The molecule has 0 spiro atoms. The SMILES string of the molecule is O=C(O)CCC[C@H](C(=O)O)N1CC(CS(=O)(=O)F)CC1=O. The number of amides is 1. The highest BCUT2D eigenvalue weighted by Gasteiger charge is 2.39. The van der Waals surface area contributed by atoms with E-state index in [4.69, 9.17) is 10.2 Å². The lowest BCUT2D eigenvalue weighted by atomic mass is 10.1. The van der Waals surface area contributed by atoms with Crippen molar-refractivity contribution in [3.8, 4) is 0 Å². The zero-order valence-electron chi connectivity index (χ0n) is 11.1. The molecule has 2 N–H and O–H groups in total. The fraction of sp³-hybridized carbons (Fsp3) is 0.727. The van der Waals surface area contributed by atoms with Gasteiger partial charge in [0.15, 0.2) is 0 Å². The molecular weight excluding hydrogens is 309 g/mol. The van der Waals surface area contributed by atoms with Crippen LogP contribution in [0.25, 0.3) is 0 Å². The maximum absolute atomic E-state index is 12.6. The summed E-state index contributed by atoms with van der Waals surface area (Å²) in [4.78, 5) is 34.3. The van der Waals surface area contributed by atoms with Gasteiger partial charge < -0.3 is 15.1 Å². The first kappa shape index (κ1) is 17.3. The van der Waals surface area contributed by atoms with Crippen molar-refractivity contribution in [1.82, 2.24) is 4.90 Å². The van der Waals surface area contributed by atoms with Gasteiger partial charge in [-0.2, -0.15) is 8.42 Å². The monoisotopic (exact) mass is 325 g/mol. The third-order valence-electron chi connectivity index (χ3n) is 3.20. The summed E-state index contributed by atoms with van der Waals surface area (Å²) in [7, 11) is -4.73. The molecule has 10 heteroatoms. The van der Waals surface area contributed by atoms with Gasteiger partial charge in [0, 0.05) is 25.3 Å². The van der Waals surface area contributed by atoms with Crippen molar-refractivity contribution in [2.45, 2.75) is 31.7 Å². The van der Waals surface area contributed by atoms with Gasteiger partial charge in [0.05, 0.1) is 5.75 Å². The number of hydrogen-bond acceptors (Lipinski definition) is 5. The Morgan fingerprint density at radius 3 is 2.48 bits per heavy atom. The Morgan fingerprint density at radius 2 is 2.00 bits per heavy atom. The van der Waals surface area contributed by atoms with Gasteiger partial charge in [-0.1, -0.05) is 0 Å². The molecule has 1 rings (SSSR count). The van der Waals surface area contributed by atoms with E-state index >= 15 is 0 Å². The van der Waals surface area contributed by atoms with Gasteiger partial charge >= 0.3 is 22.2 Å². The Labute approximate surface area is 120 Å². The number of carbonyl (C=O) groups is 3. The largest absolute Gasteiger partial charge is 0.481 e. The van der Waals surface area contributed by atoms with Gasteiger partial charge in [0.1, 0.15) is 6.04 Å². The number of halogens is 1. The highest BCUT2D eigenvalue weighted by atomic mass is 32.3. The summed E-state index contributed by atoms with van der Waals surface area (Å²) >= 11 is 0. The van der Waals surface area contributed by atoms with Crippen LogP contribution in [-0.4, -0.2) is 59.7 Å². The number of rotatable bonds is 8. The molecule has 0 aliphatic carbocycles. The molecule has 21 heavy (non-hydrogen) atoms. The van der Waals surface area contributed by atoms with Crippen LogP contribution in [0.5, 0.6) is 0 Å². The quantitative estimate of drug-likeness (QED) is 0.593. The normalized spacial score (nSPS) is 20.5. The van der Waals surface area contributed by atoms with Crippen LogP contribution in [0.1, 0.15) is 25.7 Å². The molecule has 1 aliphatic heterocycles. The van der Waals surface area contributed by atoms with Crippen molar-refractivity contribution < 1.29 is 36.9 Å². The van der Waals surface area contributed by atoms with Crippen molar-refractivity contribution in [3.63, 3.8) is 0 Å². The maximum atomic E-state index is 12.6. The standard InChI is InChI=1S/C11H16FNO7S/c12-21(19,20)6-7-4-9(14)13(5-7)8(11(17)18)2-1-3-10(15)16/h7-8H,1-6H2,(H,15,16)(H,17,18)/t7?,8-/m1/s1. The van der Waals surface area contributed by atoms with Crippen LogP contribution in [-0.2, 0) is 24.6 Å². The van der Waals surface area contributed by atoms with Gasteiger partial charge in [-0.25, -0.2) is 4.79 Å². The molecule has 120 valence electrons. The second-order valence-corrected chi connectivity index (χ2v) is 6.37. The molecule has 0 saturated carbocycles. The van der Waals surface area contributed by atoms with E-state index in [1.165, 1.54) is 0 Å². The minimum absolute atomic E-state index is 0.0531. The molecule has 1 amide bonds. The van der Waals surface area contributed by atoms with Crippen LogP contribution >= 0.6 is 0 Å². The molecule has 1 aliphatic rings. The Balaban J connectivity index is 2.68. The fourth-order valence-corrected chi connectivity index (χ4v) is 3.15. The second kappa shape index (κ2) is 6.83. The predicted molar refractivity (Wildman–Crippen MR) is 67.6 cm³/mol. The first-order chi connectivity index (χ1) is 9.60. The van der Waals surface area contributed by atoms with Gasteiger partial charge in [-0.05, 0) is 12.8 Å². The molecule has 0 aromatic rings. The average molecular weight is 325 g/mol. The Bertz CT molecular complexity index is 533. The molecule has 0 aromatic heterocycles. The molecule has 2 atom stereocenters. The Hall–Kier alpha value is -1.71. The van der Waals surface area contributed by atoms with Crippen molar-refractivity contribution >= 4 is 28.1 Å². The van der Waals surface area contributed by atoms with Gasteiger partial charge in [0.2, 0.25) is 5.91 Å². The van der Waals surface area contributed by atoms with Crippen LogP contribution in [0.2, 0.25) is 0 Å². The zero-order valence-corrected chi connectivity index (χ0v) is 11.9. The third-order valence-corrected chi connectivity index (χ3v) is 4.07. The smallest absolute Gasteiger partial charge is 0.326 e. The lowest BCUT2D eigenvalue weighted by Gasteiger charge is -2.24. The van der Waals surface area contributed by atoms with E-state index in [0.29, 0.717) is 0 Å². The second-order valence-electron chi connectivity index (χ2n) is 4.96. The highest BCUT2D eigenvalue weighted by Crippen LogP contribution is 2.24. The lowest BCUT2D eigenvalue weighted by molar-refractivity contribution is -0.149. The zero-order chi connectivity index (χ0) is 16.2. The van der Waals surface area contributed by atoms with Crippen molar-refractivity contribution in [2.75, 3.05) is 12.3 Å². The summed E-state index contributed by atoms with van der Waals surface area (Å²) in [6.07, 6.45) is -0.440. The maximum Gasteiger partial charge on any atom is 0.326 e. The van der Waals surface area contributed by atoms with E-state index in [0.717, 1.165) is 4.90 Å². The van der Waals surface area contributed by atoms with Gasteiger partial charge in [0.25, 0.3) is 0 Å². The number of carbonyl (C=O) groups excluding carboxylic acids is 1. The summed E-state index contributed by atoms with van der Waals surface area (Å²) in [5, 5.41) is 17.6. The molecule has 0 bridgehead atoms. The van der Waals surface area contributed by atoms with E-state index in [-0.39, 0.29) is 32.2 Å². The van der Waals surface area contributed by atoms with E-state index in [1.807, 2.05) is 0 Å². The molecule has 0 radical (unpaired) electrons. The van der Waals surface area contributed by atoms with Crippen LogP contribution in [0.4, 0.5) is 3.89 Å². The predicted octanol–water partition coefficient (Wildman–Crippen LogP) is -0.158. The summed E-state index contributed by atoms with van der Waals surface area (Å²) in [6, 6.07) is -1.22. The minimum Gasteiger partial charge on any atom is -0.481 e. The molecule has 1 fully saturated rings. The van der Waals surface area contributed by atoms with Crippen molar-refractivity contribution in [1.29, 1.82) is 0 Å². The van der Waals surface area contributed by atoms with Crippen LogP contribution in [0.3, 0.4) is 0 Å². The fourth-order valence-electron chi connectivity index (χ4n) is 2.36. The lowest BCUT2D eigenvalue weighted by Crippen LogP contribution is -2.42. The number of carboxylic acids is 2. The van der Waals surface area contributed by atoms with Gasteiger partial charge in [-0.15, -0.1) is 3.89 Å². The van der Waals surface area contributed by atoms with E-state index in [1.54, 1.807) is 0 Å². The number of carboxylic acid groups (broad SMARTS) is 2. The Kier molecular flexibility index (Phi) is 5.64. The van der Waals surface area contributed by atoms with Crippen LogP contribution in [0.15, 0.2) is 0 Å².